The van der Waals surface area contributed by atoms with Gasteiger partial charge in [0.15, 0.2) is 18.1 Å². The Labute approximate surface area is 158 Å². The smallest absolute Gasteiger partial charge is 0.261 e. The van der Waals surface area contributed by atoms with Gasteiger partial charge in [0.1, 0.15) is 0 Å². The van der Waals surface area contributed by atoms with Crippen molar-refractivity contribution in [1.82, 2.24) is 10.2 Å². The van der Waals surface area contributed by atoms with Crippen LogP contribution in [0.25, 0.3) is 0 Å². The van der Waals surface area contributed by atoms with E-state index in [0.29, 0.717) is 36.2 Å². The minimum Gasteiger partial charge on any atom is -0.490 e. The van der Waals surface area contributed by atoms with Crippen LogP contribution in [0.2, 0.25) is 5.02 Å². The Kier molecular flexibility index (Phi) is 6.36. The van der Waals surface area contributed by atoms with E-state index in [1.165, 1.54) is 0 Å². The standard InChI is InChI=1S/C20H23ClN2O3/c1-2-25-18-8-3-4-9-19(18)26-14-20(24)23-11-10-22-13-17(23)15-6-5-7-16(21)12-15/h3-9,12,17,22H,2,10-11,13-14H2,1H3. The van der Waals surface area contributed by atoms with Crippen LogP contribution in [0.4, 0.5) is 0 Å². The molecular weight excluding hydrogens is 352 g/mol. The van der Waals surface area contributed by atoms with E-state index >= 15 is 0 Å². The second-order valence-electron chi connectivity index (χ2n) is 6.03. The zero-order chi connectivity index (χ0) is 18.4. The molecule has 1 saturated heterocycles. The Bertz CT molecular complexity index is 753. The molecule has 0 radical (unpaired) electrons. The Balaban J connectivity index is 1.69. The summed E-state index contributed by atoms with van der Waals surface area (Å²) in [6.07, 6.45) is 0. The van der Waals surface area contributed by atoms with Crippen molar-refractivity contribution in [2.45, 2.75) is 13.0 Å². The van der Waals surface area contributed by atoms with Crippen molar-refractivity contribution in [1.29, 1.82) is 0 Å². The number of carbonyl (C=O) groups excluding carboxylic acids is 1. The first-order valence-electron chi connectivity index (χ1n) is 8.79. The van der Waals surface area contributed by atoms with Crippen LogP contribution in [-0.4, -0.2) is 43.7 Å². The average Bonchev–Trinajstić information content (AvgIpc) is 2.67. The van der Waals surface area contributed by atoms with E-state index in [2.05, 4.69) is 5.32 Å². The van der Waals surface area contributed by atoms with Gasteiger partial charge in [0, 0.05) is 24.7 Å². The SMILES string of the molecule is CCOc1ccccc1OCC(=O)N1CCNCC1c1cccc(Cl)c1. The first kappa shape index (κ1) is 18.5. The van der Waals surface area contributed by atoms with Gasteiger partial charge in [0.2, 0.25) is 0 Å². The lowest BCUT2D eigenvalue weighted by Crippen LogP contribution is -2.50. The number of piperazine rings is 1. The summed E-state index contributed by atoms with van der Waals surface area (Å²) in [6, 6.07) is 15.0. The van der Waals surface area contributed by atoms with E-state index < -0.39 is 0 Å². The van der Waals surface area contributed by atoms with E-state index in [0.717, 1.165) is 12.1 Å². The molecule has 0 spiro atoms. The molecule has 0 aromatic heterocycles. The molecular formula is C20H23ClN2O3. The second-order valence-corrected chi connectivity index (χ2v) is 6.47. The third-order valence-electron chi connectivity index (χ3n) is 4.30. The van der Waals surface area contributed by atoms with Gasteiger partial charge in [-0.25, -0.2) is 0 Å². The fourth-order valence-corrected chi connectivity index (χ4v) is 3.28. The molecule has 1 aliphatic rings. The molecule has 5 nitrogen and oxygen atoms in total. The molecule has 1 N–H and O–H groups in total. The zero-order valence-corrected chi connectivity index (χ0v) is 15.5. The van der Waals surface area contributed by atoms with Crippen LogP contribution in [0.5, 0.6) is 11.5 Å². The predicted octanol–water partition coefficient (Wildman–Crippen LogP) is 3.29. The zero-order valence-electron chi connectivity index (χ0n) is 14.8. The minimum atomic E-state index is -0.0549. The van der Waals surface area contributed by atoms with Crippen LogP contribution in [0, 0.1) is 0 Å². The highest BCUT2D eigenvalue weighted by Crippen LogP contribution is 2.28. The monoisotopic (exact) mass is 374 g/mol. The van der Waals surface area contributed by atoms with Gasteiger partial charge in [0.25, 0.3) is 5.91 Å². The maximum absolute atomic E-state index is 12.8. The number of amides is 1. The number of nitrogens with one attached hydrogen (secondary N) is 1. The number of carbonyl (C=O) groups is 1. The summed E-state index contributed by atoms with van der Waals surface area (Å²) in [5.41, 5.74) is 1.02. The average molecular weight is 375 g/mol. The molecule has 1 aliphatic heterocycles. The topological polar surface area (TPSA) is 50.8 Å². The Morgan fingerprint density at radius 1 is 1.19 bits per heavy atom. The minimum absolute atomic E-state index is 0.0266. The van der Waals surface area contributed by atoms with E-state index in [-0.39, 0.29) is 18.6 Å². The summed E-state index contributed by atoms with van der Waals surface area (Å²) in [7, 11) is 0. The van der Waals surface area contributed by atoms with Crippen molar-refractivity contribution >= 4 is 17.5 Å². The second kappa shape index (κ2) is 8.92. The van der Waals surface area contributed by atoms with Gasteiger partial charge >= 0.3 is 0 Å². The number of para-hydroxylation sites is 2. The number of halogens is 1. The highest BCUT2D eigenvalue weighted by Gasteiger charge is 2.28. The number of hydrogen-bond acceptors (Lipinski definition) is 4. The lowest BCUT2D eigenvalue weighted by atomic mass is 10.0. The van der Waals surface area contributed by atoms with Crippen molar-refractivity contribution < 1.29 is 14.3 Å². The fourth-order valence-electron chi connectivity index (χ4n) is 3.08. The number of nitrogens with zero attached hydrogens (tertiary/aromatic N) is 1. The molecule has 2 aromatic rings. The van der Waals surface area contributed by atoms with Gasteiger partial charge in [-0.05, 0) is 36.8 Å². The summed E-state index contributed by atoms with van der Waals surface area (Å²) >= 11 is 6.12. The predicted molar refractivity (Wildman–Crippen MR) is 102 cm³/mol. The van der Waals surface area contributed by atoms with Crippen molar-refractivity contribution in [3.8, 4) is 11.5 Å². The van der Waals surface area contributed by atoms with Crippen LogP contribution < -0.4 is 14.8 Å². The summed E-state index contributed by atoms with van der Waals surface area (Å²) in [5.74, 6) is 1.18. The van der Waals surface area contributed by atoms with Crippen LogP contribution >= 0.6 is 11.6 Å². The first-order chi connectivity index (χ1) is 12.7. The highest BCUT2D eigenvalue weighted by molar-refractivity contribution is 6.30. The summed E-state index contributed by atoms with van der Waals surface area (Å²) in [6.45, 7) is 4.52. The molecule has 138 valence electrons. The maximum Gasteiger partial charge on any atom is 0.261 e. The molecule has 1 fully saturated rings. The summed E-state index contributed by atoms with van der Waals surface area (Å²) in [4.78, 5) is 14.7. The van der Waals surface area contributed by atoms with Gasteiger partial charge < -0.3 is 19.7 Å². The number of hydrogen-bond donors (Lipinski definition) is 1. The van der Waals surface area contributed by atoms with E-state index in [1.54, 1.807) is 0 Å². The summed E-state index contributed by atoms with van der Waals surface area (Å²) in [5, 5.41) is 4.01. The van der Waals surface area contributed by atoms with Gasteiger partial charge in [-0.2, -0.15) is 0 Å². The molecule has 3 rings (SSSR count). The number of ether oxygens (including phenoxy) is 2. The number of benzene rings is 2. The molecule has 1 heterocycles. The molecule has 0 aliphatic carbocycles. The fraction of sp³-hybridized carbons (Fsp3) is 0.350. The Morgan fingerprint density at radius 2 is 1.96 bits per heavy atom. The van der Waals surface area contributed by atoms with Crippen molar-refractivity contribution in [2.24, 2.45) is 0 Å². The normalized spacial score (nSPS) is 17.0. The molecule has 0 bridgehead atoms. The van der Waals surface area contributed by atoms with Gasteiger partial charge in [-0.15, -0.1) is 0 Å². The Morgan fingerprint density at radius 3 is 2.69 bits per heavy atom. The van der Waals surface area contributed by atoms with Crippen molar-refractivity contribution in [3.63, 3.8) is 0 Å². The van der Waals surface area contributed by atoms with Gasteiger partial charge in [-0.3, -0.25) is 4.79 Å². The van der Waals surface area contributed by atoms with Crippen molar-refractivity contribution in [2.75, 3.05) is 32.8 Å². The third-order valence-corrected chi connectivity index (χ3v) is 4.53. The van der Waals surface area contributed by atoms with Crippen molar-refractivity contribution in [3.05, 3.63) is 59.1 Å². The molecule has 1 amide bonds. The maximum atomic E-state index is 12.8. The summed E-state index contributed by atoms with van der Waals surface area (Å²) < 4.78 is 11.3. The largest absolute Gasteiger partial charge is 0.490 e. The lowest BCUT2D eigenvalue weighted by Gasteiger charge is -2.36. The number of rotatable bonds is 6. The van der Waals surface area contributed by atoms with E-state index in [9.17, 15) is 4.79 Å². The Hall–Kier alpha value is -2.24. The first-order valence-corrected chi connectivity index (χ1v) is 9.17. The molecule has 2 aromatic carbocycles. The van der Waals surface area contributed by atoms with E-state index in [1.807, 2.05) is 60.4 Å². The molecule has 0 saturated carbocycles. The van der Waals surface area contributed by atoms with Crippen LogP contribution in [-0.2, 0) is 4.79 Å². The molecule has 6 heteroatoms. The van der Waals surface area contributed by atoms with Gasteiger partial charge in [-0.1, -0.05) is 35.9 Å². The molecule has 1 unspecified atom stereocenters. The third kappa shape index (κ3) is 4.48. The highest BCUT2D eigenvalue weighted by atomic mass is 35.5. The van der Waals surface area contributed by atoms with Gasteiger partial charge in [0.05, 0.1) is 12.6 Å². The van der Waals surface area contributed by atoms with Crippen LogP contribution in [0.15, 0.2) is 48.5 Å². The quantitative estimate of drug-likeness (QED) is 0.843. The van der Waals surface area contributed by atoms with E-state index in [4.69, 9.17) is 21.1 Å². The van der Waals surface area contributed by atoms with Crippen LogP contribution in [0.3, 0.4) is 0 Å². The van der Waals surface area contributed by atoms with Crippen LogP contribution in [0.1, 0.15) is 18.5 Å². The molecule has 26 heavy (non-hydrogen) atoms. The lowest BCUT2D eigenvalue weighted by molar-refractivity contribution is -0.136. The molecule has 1 atom stereocenters.